The number of amides is 1. The standard InChI is InChI=1S/C19H25N3O4/c1-5-10-22-13(3)17(12(2)21-22)18(23)20-9-8-14-6-7-15(19(24)25)11-16(14)26-4/h6-7,11H,5,8-10H2,1-4H3,(H,20,23)(H,24,25). The summed E-state index contributed by atoms with van der Waals surface area (Å²) < 4.78 is 7.12. The Labute approximate surface area is 153 Å². The van der Waals surface area contributed by atoms with Gasteiger partial charge >= 0.3 is 5.97 Å². The number of aromatic nitrogens is 2. The second-order valence-electron chi connectivity index (χ2n) is 6.11. The number of aromatic carboxylic acids is 1. The van der Waals surface area contributed by atoms with Gasteiger partial charge in [-0.1, -0.05) is 13.0 Å². The van der Waals surface area contributed by atoms with E-state index < -0.39 is 5.97 Å². The van der Waals surface area contributed by atoms with Gasteiger partial charge in [0.2, 0.25) is 0 Å². The van der Waals surface area contributed by atoms with E-state index in [4.69, 9.17) is 9.84 Å². The molecule has 0 atom stereocenters. The molecule has 0 radical (unpaired) electrons. The van der Waals surface area contributed by atoms with E-state index in [1.54, 1.807) is 6.07 Å². The summed E-state index contributed by atoms with van der Waals surface area (Å²) in [5.41, 5.74) is 3.21. The maximum absolute atomic E-state index is 12.5. The van der Waals surface area contributed by atoms with Crippen molar-refractivity contribution in [1.82, 2.24) is 15.1 Å². The van der Waals surface area contributed by atoms with Crippen LogP contribution in [-0.2, 0) is 13.0 Å². The van der Waals surface area contributed by atoms with Crippen molar-refractivity contribution in [3.8, 4) is 5.75 Å². The van der Waals surface area contributed by atoms with Crippen LogP contribution in [0.4, 0.5) is 0 Å². The Kier molecular flexibility index (Phi) is 6.38. The van der Waals surface area contributed by atoms with Gasteiger partial charge in [0.05, 0.1) is 23.9 Å². The molecule has 0 spiro atoms. The van der Waals surface area contributed by atoms with Gasteiger partial charge in [0.25, 0.3) is 5.91 Å². The number of benzene rings is 1. The summed E-state index contributed by atoms with van der Waals surface area (Å²) in [5.74, 6) is -0.649. The third-order valence-electron chi connectivity index (χ3n) is 4.26. The number of nitrogens with one attached hydrogen (secondary N) is 1. The van der Waals surface area contributed by atoms with Gasteiger partial charge in [-0.2, -0.15) is 5.10 Å². The fraction of sp³-hybridized carbons (Fsp3) is 0.421. The van der Waals surface area contributed by atoms with E-state index in [1.807, 2.05) is 18.5 Å². The second kappa shape index (κ2) is 8.51. The topological polar surface area (TPSA) is 93.5 Å². The molecule has 0 aliphatic carbocycles. The molecule has 1 amide bonds. The van der Waals surface area contributed by atoms with Crippen LogP contribution in [0.3, 0.4) is 0 Å². The second-order valence-corrected chi connectivity index (χ2v) is 6.11. The van der Waals surface area contributed by atoms with Crippen molar-refractivity contribution in [2.45, 2.75) is 40.2 Å². The SMILES string of the molecule is CCCn1nc(C)c(C(=O)NCCc2ccc(C(=O)O)cc2OC)c1C. The minimum Gasteiger partial charge on any atom is -0.496 e. The molecule has 0 aliphatic rings. The molecule has 0 unspecified atom stereocenters. The fourth-order valence-electron chi connectivity index (χ4n) is 2.94. The van der Waals surface area contributed by atoms with E-state index >= 15 is 0 Å². The van der Waals surface area contributed by atoms with Gasteiger partial charge in [-0.05, 0) is 44.4 Å². The van der Waals surface area contributed by atoms with Crippen LogP contribution in [0.25, 0.3) is 0 Å². The maximum Gasteiger partial charge on any atom is 0.335 e. The Morgan fingerprint density at radius 2 is 2.04 bits per heavy atom. The zero-order valence-corrected chi connectivity index (χ0v) is 15.6. The lowest BCUT2D eigenvalue weighted by Crippen LogP contribution is -2.27. The first kappa shape index (κ1) is 19.5. The summed E-state index contributed by atoms with van der Waals surface area (Å²) in [7, 11) is 1.50. The van der Waals surface area contributed by atoms with E-state index in [0.29, 0.717) is 24.3 Å². The monoisotopic (exact) mass is 359 g/mol. The molecule has 7 nitrogen and oxygen atoms in total. The minimum absolute atomic E-state index is 0.150. The van der Waals surface area contributed by atoms with E-state index in [9.17, 15) is 9.59 Å². The molecular weight excluding hydrogens is 334 g/mol. The Hall–Kier alpha value is -2.83. The summed E-state index contributed by atoms with van der Waals surface area (Å²) in [6.45, 7) is 7.01. The lowest BCUT2D eigenvalue weighted by molar-refractivity contribution is 0.0696. The van der Waals surface area contributed by atoms with Crippen molar-refractivity contribution in [3.05, 3.63) is 46.3 Å². The molecule has 0 bridgehead atoms. The van der Waals surface area contributed by atoms with Crippen LogP contribution in [0.2, 0.25) is 0 Å². The molecule has 1 aromatic carbocycles. The summed E-state index contributed by atoms with van der Waals surface area (Å²) in [6.07, 6.45) is 1.49. The first-order valence-corrected chi connectivity index (χ1v) is 8.61. The first-order valence-electron chi connectivity index (χ1n) is 8.61. The van der Waals surface area contributed by atoms with Crippen molar-refractivity contribution in [2.75, 3.05) is 13.7 Å². The normalized spacial score (nSPS) is 10.6. The highest BCUT2D eigenvalue weighted by Crippen LogP contribution is 2.21. The number of hydrogen-bond acceptors (Lipinski definition) is 4. The molecule has 140 valence electrons. The zero-order valence-electron chi connectivity index (χ0n) is 15.6. The van der Waals surface area contributed by atoms with Crippen molar-refractivity contribution in [1.29, 1.82) is 0 Å². The Morgan fingerprint density at radius 1 is 1.31 bits per heavy atom. The Balaban J connectivity index is 2.04. The zero-order chi connectivity index (χ0) is 19.3. The van der Waals surface area contributed by atoms with Crippen molar-refractivity contribution < 1.29 is 19.4 Å². The number of carboxylic acid groups (broad SMARTS) is 1. The van der Waals surface area contributed by atoms with Crippen LogP contribution in [0.15, 0.2) is 18.2 Å². The Bertz CT molecular complexity index is 811. The van der Waals surface area contributed by atoms with Gasteiger partial charge in [-0.3, -0.25) is 9.48 Å². The highest BCUT2D eigenvalue weighted by atomic mass is 16.5. The van der Waals surface area contributed by atoms with Crippen molar-refractivity contribution in [3.63, 3.8) is 0 Å². The quantitative estimate of drug-likeness (QED) is 0.756. The molecule has 0 saturated carbocycles. The van der Waals surface area contributed by atoms with Crippen LogP contribution in [0.1, 0.15) is 51.0 Å². The van der Waals surface area contributed by atoms with E-state index in [2.05, 4.69) is 17.3 Å². The number of hydrogen-bond donors (Lipinski definition) is 2. The third kappa shape index (κ3) is 4.22. The first-order chi connectivity index (χ1) is 12.4. The van der Waals surface area contributed by atoms with Gasteiger partial charge in [0, 0.05) is 18.8 Å². The van der Waals surface area contributed by atoms with Gasteiger partial charge in [-0.25, -0.2) is 4.79 Å². The number of aryl methyl sites for hydroxylation is 2. The van der Waals surface area contributed by atoms with Crippen LogP contribution < -0.4 is 10.1 Å². The van der Waals surface area contributed by atoms with Gasteiger partial charge in [-0.15, -0.1) is 0 Å². The predicted octanol–water partition coefficient (Wildman–Crippen LogP) is 2.59. The largest absolute Gasteiger partial charge is 0.496 e. The minimum atomic E-state index is -1.00. The van der Waals surface area contributed by atoms with Crippen molar-refractivity contribution >= 4 is 11.9 Å². The highest BCUT2D eigenvalue weighted by Gasteiger charge is 2.18. The molecule has 2 N–H and O–H groups in total. The molecule has 0 aliphatic heterocycles. The lowest BCUT2D eigenvalue weighted by Gasteiger charge is -2.10. The van der Waals surface area contributed by atoms with Crippen LogP contribution in [0, 0.1) is 13.8 Å². The molecule has 0 saturated heterocycles. The molecule has 2 aromatic rings. The van der Waals surface area contributed by atoms with Crippen molar-refractivity contribution in [2.24, 2.45) is 0 Å². The third-order valence-corrected chi connectivity index (χ3v) is 4.26. The molecule has 1 aromatic heterocycles. The highest BCUT2D eigenvalue weighted by molar-refractivity contribution is 5.96. The average molecular weight is 359 g/mol. The van der Waals surface area contributed by atoms with E-state index in [-0.39, 0.29) is 11.5 Å². The van der Waals surface area contributed by atoms with E-state index in [1.165, 1.54) is 19.2 Å². The number of methoxy groups -OCH3 is 1. The number of ether oxygens (including phenoxy) is 1. The van der Waals surface area contributed by atoms with Gasteiger partial charge in [0.15, 0.2) is 0 Å². The van der Waals surface area contributed by atoms with Crippen LogP contribution in [0.5, 0.6) is 5.75 Å². The summed E-state index contributed by atoms with van der Waals surface area (Å²) >= 11 is 0. The molecule has 1 heterocycles. The Morgan fingerprint density at radius 3 is 2.65 bits per heavy atom. The molecule has 7 heteroatoms. The number of carbonyl (C=O) groups is 2. The average Bonchev–Trinajstić information content (AvgIpc) is 2.88. The smallest absolute Gasteiger partial charge is 0.335 e. The lowest BCUT2D eigenvalue weighted by atomic mass is 10.1. The molecular formula is C19H25N3O4. The maximum atomic E-state index is 12.5. The van der Waals surface area contributed by atoms with Crippen LogP contribution in [-0.4, -0.2) is 40.4 Å². The van der Waals surface area contributed by atoms with Gasteiger partial charge < -0.3 is 15.2 Å². The summed E-state index contributed by atoms with van der Waals surface area (Å²) in [4.78, 5) is 23.6. The molecule has 0 fully saturated rings. The predicted molar refractivity (Wildman–Crippen MR) is 98.0 cm³/mol. The van der Waals surface area contributed by atoms with Gasteiger partial charge in [0.1, 0.15) is 5.75 Å². The number of carbonyl (C=O) groups excluding carboxylic acids is 1. The molecule has 26 heavy (non-hydrogen) atoms. The van der Waals surface area contributed by atoms with Crippen LogP contribution >= 0.6 is 0 Å². The number of carboxylic acids is 1. The number of nitrogens with zero attached hydrogens (tertiary/aromatic N) is 2. The van der Waals surface area contributed by atoms with E-state index in [0.717, 1.165) is 29.9 Å². The summed E-state index contributed by atoms with van der Waals surface area (Å²) in [6, 6.07) is 4.73. The fourth-order valence-corrected chi connectivity index (χ4v) is 2.94. The molecule has 2 rings (SSSR count). The summed E-state index contributed by atoms with van der Waals surface area (Å²) in [5, 5.41) is 16.4. The number of rotatable bonds is 8.